The molecule has 0 bridgehead atoms. The Morgan fingerprint density at radius 1 is 1.45 bits per heavy atom. The number of aliphatic imine (C=N–C) groups is 1. The molecule has 2 aromatic rings. The van der Waals surface area contributed by atoms with Crippen LogP contribution in [-0.2, 0) is 6.18 Å². The molecule has 3 rings (SSSR count). The number of nitrogens with two attached hydrogens (primary N) is 1. The summed E-state index contributed by atoms with van der Waals surface area (Å²) in [7, 11) is 0. The summed E-state index contributed by atoms with van der Waals surface area (Å²) in [5, 5.41) is 5.42. The number of allylic oxidation sites excluding steroid dienone is 1. The Balaban J connectivity index is 1.77. The van der Waals surface area contributed by atoms with Gasteiger partial charge in [0.1, 0.15) is 10.7 Å². The van der Waals surface area contributed by atoms with E-state index >= 15 is 0 Å². The van der Waals surface area contributed by atoms with E-state index in [1.54, 1.807) is 5.38 Å². The van der Waals surface area contributed by atoms with Crippen molar-refractivity contribution in [3.8, 4) is 0 Å². The Labute approximate surface area is 182 Å². The summed E-state index contributed by atoms with van der Waals surface area (Å²) >= 11 is 1.24. The molecule has 0 radical (unpaired) electrons. The number of alkyl halides is 3. The Morgan fingerprint density at radius 2 is 2.26 bits per heavy atom. The van der Waals surface area contributed by atoms with Gasteiger partial charge in [0, 0.05) is 42.5 Å². The highest BCUT2D eigenvalue weighted by atomic mass is 32.1. The number of benzene rings is 1. The highest BCUT2D eigenvalue weighted by molar-refractivity contribution is 7.11. The van der Waals surface area contributed by atoms with Gasteiger partial charge in [-0.15, -0.1) is 11.3 Å². The fourth-order valence-electron chi connectivity index (χ4n) is 3.32. The molecule has 1 amide bonds. The Kier molecular flexibility index (Phi) is 7.45. The van der Waals surface area contributed by atoms with Gasteiger partial charge in [0.25, 0.3) is 5.91 Å². The van der Waals surface area contributed by atoms with Crippen molar-refractivity contribution in [2.24, 2.45) is 10.7 Å². The lowest BCUT2D eigenvalue weighted by atomic mass is 10.2. The average molecular weight is 452 g/mol. The number of hydrogen-bond acceptors (Lipinski definition) is 6. The number of hydrogen-bond donors (Lipinski definition) is 2. The van der Waals surface area contributed by atoms with Gasteiger partial charge in [-0.1, -0.05) is 13.0 Å². The van der Waals surface area contributed by atoms with Gasteiger partial charge in [-0.05, 0) is 37.6 Å². The molecule has 2 heterocycles. The Morgan fingerprint density at radius 3 is 2.90 bits per heavy atom. The minimum absolute atomic E-state index is 0.135. The van der Waals surface area contributed by atoms with Crippen LogP contribution in [0.1, 0.15) is 40.8 Å². The summed E-state index contributed by atoms with van der Waals surface area (Å²) in [6.45, 7) is 4.32. The summed E-state index contributed by atoms with van der Waals surface area (Å²) < 4.78 is 38.6. The first kappa shape index (κ1) is 23.0. The van der Waals surface area contributed by atoms with Crippen LogP contribution in [0.25, 0.3) is 5.57 Å². The molecule has 0 aliphatic carbocycles. The zero-order chi connectivity index (χ0) is 22.4. The first-order chi connectivity index (χ1) is 14.8. The number of carbonyl (C=O) groups excluding carboxylic acids is 1. The van der Waals surface area contributed by atoms with E-state index in [1.165, 1.54) is 35.9 Å². The predicted octanol–water partition coefficient (Wildman–Crippen LogP) is 4.08. The van der Waals surface area contributed by atoms with Crippen LogP contribution in [0.15, 0.2) is 40.8 Å². The number of carbonyl (C=O) groups is 1. The molecule has 1 atom stereocenters. The second kappa shape index (κ2) is 10.1. The quantitative estimate of drug-likeness (QED) is 0.622. The molecule has 31 heavy (non-hydrogen) atoms. The third-order valence-electron chi connectivity index (χ3n) is 4.88. The summed E-state index contributed by atoms with van der Waals surface area (Å²) in [5.41, 5.74) is 5.80. The lowest BCUT2D eigenvalue weighted by Gasteiger charge is -2.27. The molecule has 0 unspecified atom stereocenters. The monoisotopic (exact) mass is 451 g/mol. The fourth-order valence-corrected chi connectivity index (χ4v) is 4.11. The Hall–Kier alpha value is -2.72. The SMILES string of the molecule is CCCN(C(=O)c1csc(/C(C=Nc2cccc(C(F)(F)F)c2)=C/N)n1)[C@H]1CCNC1. The van der Waals surface area contributed by atoms with Crippen molar-refractivity contribution >= 4 is 34.7 Å². The number of nitrogens with one attached hydrogen (secondary N) is 1. The van der Waals surface area contributed by atoms with Gasteiger partial charge in [0.2, 0.25) is 0 Å². The van der Waals surface area contributed by atoms with Crippen LogP contribution in [-0.4, -0.2) is 47.7 Å². The highest BCUT2D eigenvalue weighted by Gasteiger charge is 2.30. The van der Waals surface area contributed by atoms with Crippen molar-refractivity contribution in [1.29, 1.82) is 0 Å². The number of nitrogens with zero attached hydrogens (tertiary/aromatic N) is 3. The molecule has 6 nitrogen and oxygen atoms in total. The Bertz CT molecular complexity index is 964. The second-order valence-electron chi connectivity index (χ2n) is 7.11. The van der Waals surface area contributed by atoms with Crippen LogP contribution >= 0.6 is 11.3 Å². The highest BCUT2D eigenvalue weighted by Crippen LogP contribution is 2.31. The molecule has 0 saturated carbocycles. The first-order valence-electron chi connectivity index (χ1n) is 9.94. The largest absolute Gasteiger partial charge is 0.416 e. The lowest BCUT2D eigenvalue weighted by Crippen LogP contribution is -2.42. The second-order valence-corrected chi connectivity index (χ2v) is 7.97. The predicted molar refractivity (Wildman–Crippen MR) is 116 cm³/mol. The molecule has 1 aliphatic rings. The molecule has 1 aromatic heterocycles. The van der Waals surface area contributed by atoms with Gasteiger partial charge in [0.15, 0.2) is 0 Å². The third-order valence-corrected chi connectivity index (χ3v) is 5.77. The summed E-state index contributed by atoms with van der Waals surface area (Å²) in [6, 6.07) is 4.85. The molecule has 1 aromatic carbocycles. The van der Waals surface area contributed by atoms with E-state index in [1.807, 2.05) is 11.8 Å². The minimum atomic E-state index is -4.44. The molecular formula is C21H24F3N5OS. The van der Waals surface area contributed by atoms with Gasteiger partial charge in [0.05, 0.1) is 11.3 Å². The van der Waals surface area contributed by atoms with Crippen LogP contribution in [0, 0.1) is 0 Å². The van der Waals surface area contributed by atoms with Gasteiger partial charge >= 0.3 is 6.18 Å². The average Bonchev–Trinajstić information content (AvgIpc) is 3.44. The normalized spacial score (nSPS) is 17.4. The maximum atomic E-state index is 13.0. The van der Waals surface area contributed by atoms with Crippen LogP contribution in [0.4, 0.5) is 18.9 Å². The van der Waals surface area contributed by atoms with Gasteiger partial charge in [-0.3, -0.25) is 9.79 Å². The first-order valence-corrected chi connectivity index (χ1v) is 10.8. The fraction of sp³-hybridized carbons (Fsp3) is 0.381. The molecule has 3 N–H and O–H groups in total. The molecular weight excluding hydrogens is 427 g/mol. The summed E-state index contributed by atoms with van der Waals surface area (Å²) in [5.74, 6) is -0.135. The van der Waals surface area contributed by atoms with E-state index in [0.29, 0.717) is 22.8 Å². The van der Waals surface area contributed by atoms with E-state index in [0.717, 1.165) is 38.1 Å². The zero-order valence-electron chi connectivity index (χ0n) is 17.0. The number of thiazole rings is 1. The van der Waals surface area contributed by atoms with E-state index in [-0.39, 0.29) is 17.6 Å². The van der Waals surface area contributed by atoms with Gasteiger partial charge in [-0.2, -0.15) is 13.2 Å². The van der Waals surface area contributed by atoms with Gasteiger partial charge in [-0.25, -0.2) is 4.98 Å². The third kappa shape index (κ3) is 5.71. The molecule has 10 heteroatoms. The molecule has 1 saturated heterocycles. The van der Waals surface area contributed by atoms with E-state index < -0.39 is 11.7 Å². The summed E-state index contributed by atoms with van der Waals surface area (Å²) in [4.78, 5) is 23.4. The standard InChI is InChI=1S/C21H24F3N5OS/c1-2-8-29(17-6-7-26-12-17)20(30)18-13-31-19(28-18)14(10-25)11-27-16-5-3-4-15(9-16)21(22,23)24/h3-5,9-11,13,17,26H,2,6-8,12,25H2,1H3/b14-10+,27-11?/t17-/m0/s1. The van der Waals surface area contributed by atoms with Crippen molar-refractivity contribution in [1.82, 2.24) is 15.2 Å². The van der Waals surface area contributed by atoms with Crippen LogP contribution < -0.4 is 11.1 Å². The van der Waals surface area contributed by atoms with Crippen molar-refractivity contribution < 1.29 is 18.0 Å². The van der Waals surface area contributed by atoms with Crippen LogP contribution in [0.5, 0.6) is 0 Å². The van der Waals surface area contributed by atoms with E-state index in [9.17, 15) is 18.0 Å². The lowest BCUT2D eigenvalue weighted by molar-refractivity contribution is -0.137. The zero-order valence-corrected chi connectivity index (χ0v) is 17.8. The van der Waals surface area contributed by atoms with E-state index in [4.69, 9.17) is 5.73 Å². The van der Waals surface area contributed by atoms with Gasteiger partial charge < -0.3 is 16.0 Å². The number of amides is 1. The number of rotatable bonds is 7. The maximum absolute atomic E-state index is 13.0. The van der Waals surface area contributed by atoms with Crippen molar-refractivity contribution in [3.05, 3.63) is 52.1 Å². The smallest absolute Gasteiger partial charge is 0.404 e. The number of halogens is 3. The number of aromatic nitrogens is 1. The van der Waals surface area contributed by atoms with Crippen LogP contribution in [0.3, 0.4) is 0 Å². The minimum Gasteiger partial charge on any atom is -0.404 e. The molecule has 1 aliphatic heterocycles. The molecule has 1 fully saturated rings. The van der Waals surface area contributed by atoms with Crippen molar-refractivity contribution in [2.75, 3.05) is 19.6 Å². The molecule has 166 valence electrons. The topological polar surface area (TPSA) is 83.6 Å². The van der Waals surface area contributed by atoms with Crippen molar-refractivity contribution in [2.45, 2.75) is 32.0 Å². The van der Waals surface area contributed by atoms with E-state index in [2.05, 4.69) is 15.3 Å². The maximum Gasteiger partial charge on any atom is 0.416 e. The molecule has 0 spiro atoms. The summed E-state index contributed by atoms with van der Waals surface area (Å²) in [6.07, 6.45) is -0.0683. The van der Waals surface area contributed by atoms with Crippen LogP contribution in [0.2, 0.25) is 0 Å². The van der Waals surface area contributed by atoms with Crippen molar-refractivity contribution in [3.63, 3.8) is 0 Å².